The van der Waals surface area contributed by atoms with Crippen molar-refractivity contribution in [1.29, 1.82) is 0 Å². The largest absolute Gasteiger partial charge is 0.458 e. The van der Waals surface area contributed by atoms with Gasteiger partial charge in [-0.3, -0.25) is 52.7 Å². The van der Waals surface area contributed by atoms with Crippen molar-refractivity contribution in [2.75, 3.05) is 72.8 Å². The zero-order valence-electron chi connectivity index (χ0n) is 60.3. The summed E-state index contributed by atoms with van der Waals surface area (Å²) in [6, 6.07) is -7.81. The van der Waals surface area contributed by atoms with Crippen molar-refractivity contribution < 1.29 is 71.4 Å². The molecule has 10 atom stereocenters. The first-order chi connectivity index (χ1) is 46.6. The topological polar surface area (TPSA) is 372 Å². The molecule has 29 heteroatoms. The Morgan fingerprint density at radius 3 is 1.49 bits per heavy atom. The van der Waals surface area contributed by atoms with Gasteiger partial charge < -0.3 is 75.6 Å². The number of hydrogen-bond donors (Lipinski definition) is 6. The molecule has 6 aliphatic rings. The highest BCUT2D eigenvalue weighted by molar-refractivity contribution is 6.11. The summed E-state index contributed by atoms with van der Waals surface area (Å²) in [7, 11) is 5.64. The first-order valence-electron chi connectivity index (χ1n) is 34.8. The summed E-state index contributed by atoms with van der Waals surface area (Å²) in [5, 5.41) is 14.2. The highest BCUT2D eigenvalue weighted by Crippen LogP contribution is 2.36. The number of ether oxygens (including phenoxy) is 2. The van der Waals surface area contributed by atoms with Gasteiger partial charge in [0.1, 0.15) is 71.8 Å². The fourth-order valence-corrected chi connectivity index (χ4v) is 13.6. The van der Waals surface area contributed by atoms with Gasteiger partial charge in [0.15, 0.2) is 11.3 Å². The number of aromatic nitrogens is 1. The van der Waals surface area contributed by atoms with Crippen molar-refractivity contribution >= 4 is 87.8 Å². The van der Waals surface area contributed by atoms with Crippen LogP contribution in [0.5, 0.6) is 0 Å². The monoisotopic (exact) mass is 1380 g/mol. The maximum Gasteiger partial charge on any atom is 0.329 e. The number of amides is 10. The number of fused-ring (bicyclic) bond motifs is 4. The molecule has 10 amide bonds. The third-order valence-corrected chi connectivity index (χ3v) is 19.4. The lowest BCUT2D eigenvalue weighted by Gasteiger charge is -2.36. The number of anilines is 1. The number of rotatable bonds is 17. The summed E-state index contributed by atoms with van der Waals surface area (Å²) >= 11 is 0. The molecule has 5 heterocycles. The molecule has 0 bridgehead atoms. The average Bonchev–Trinajstić information content (AvgIpc) is 1.27. The second kappa shape index (κ2) is 33.4. The Morgan fingerprint density at radius 1 is 0.606 bits per heavy atom. The first-order valence-corrected chi connectivity index (χ1v) is 34.8. The van der Waals surface area contributed by atoms with E-state index in [2.05, 4.69) is 26.6 Å². The maximum absolute atomic E-state index is 15.8. The summed E-state index contributed by atoms with van der Waals surface area (Å²) in [5.74, 6) is -12.0. The molecule has 544 valence electrons. The minimum atomic E-state index is -1.87. The zero-order valence-corrected chi connectivity index (χ0v) is 60.3. The van der Waals surface area contributed by atoms with E-state index in [0.717, 1.165) is 41.9 Å². The molecule has 7 N–H and O–H groups in total. The highest BCUT2D eigenvalue weighted by Gasteiger charge is 2.47. The van der Waals surface area contributed by atoms with E-state index >= 15 is 24.0 Å². The van der Waals surface area contributed by atoms with Gasteiger partial charge in [-0.05, 0) is 108 Å². The predicted molar refractivity (Wildman–Crippen MR) is 366 cm³/mol. The number of esters is 2. The van der Waals surface area contributed by atoms with Crippen molar-refractivity contribution in [3.8, 4) is 11.5 Å². The van der Waals surface area contributed by atoms with Crippen LogP contribution in [0.15, 0.2) is 21.3 Å². The Balaban J connectivity index is 1.38. The second-order valence-corrected chi connectivity index (χ2v) is 28.3. The van der Waals surface area contributed by atoms with E-state index in [4.69, 9.17) is 24.6 Å². The van der Waals surface area contributed by atoms with Gasteiger partial charge in [0.05, 0.1) is 29.9 Å². The lowest BCUT2D eigenvalue weighted by molar-refractivity contribution is -0.163. The van der Waals surface area contributed by atoms with Crippen LogP contribution in [0.4, 0.5) is 5.69 Å². The average molecular weight is 1380 g/mol. The molecule has 0 aromatic heterocycles. The van der Waals surface area contributed by atoms with Crippen molar-refractivity contribution in [3.05, 3.63) is 44.6 Å². The number of nitrogens with one attached hydrogen (secondary N) is 5. The van der Waals surface area contributed by atoms with Crippen LogP contribution >= 0.6 is 0 Å². The molecule has 0 spiro atoms. The molecule has 1 aliphatic carbocycles. The Bertz CT molecular complexity index is 3590. The maximum atomic E-state index is 15.8. The van der Waals surface area contributed by atoms with Crippen LogP contribution in [0.1, 0.15) is 165 Å². The molecular formula is C70H103N13O16. The number of nitrogens with zero attached hydrogens (tertiary/aromatic N) is 7. The van der Waals surface area contributed by atoms with E-state index in [1.54, 1.807) is 62.3 Å². The molecule has 0 saturated carbocycles. The van der Waals surface area contributed by atoms with Gasteiger partial charge >= 0.3 is 11.9 Å². The number of cyclic esters (lactones) is 2. The van der Waals surface area contributed by atoms with Crippen LogP contribution in [0.3, 0.4) is 0 Å². The van der Waals surface area contributed by atoms with E-state index in [0.29, 0.717) is 31.4 Å². The fraction of sp³-hybridized carbons (Fsp3) is 0.657. The summed E-state index contributed by atoms with van der Waals surface area (Å²) in [6.45, 7) is 19.4. The normalized spacial score (nSPS) is 24.9. The molecule has 7 rings (SSSR count). The van der Waals surface area contributed by atoms with Crippen molar-refractivity contribution in [2.24, 2.45) is 29.4 Å². The summed E-state index contributed by atoms with van der Waals surface area (Å²) in [4.78, 5) is 203. The summed E-state index contributed by atoms with van der Waals surface area (Å²) in [5.41, 5.74) is 3.86. The number of nitrogens with two attached hydrogens (primary N) is 1. The van der Waals surface area contributed by atoms with E-state index in [-0.39, 0.29) is 71.8 Å². The third kappa shape index (κ3) is 17.3. The van der Waals surface area contributed by atoms with E-state index < -0.39 is 179 Å². The first kappa shape index (κ1) is 77.6. The number of likely N-dealkylation sites (N-methyl/N-ethyl adjacent to an activating group) is 4. The van der Waals surface area contributed by atoms with Crippen molar-refractivity contribution in [3.63, 3.8) is 0 Å². The molecular weight excluding hydrogens is 1280 g/mol. The lowest BCUT2D eigenvalue weighted by atomic mass is 9.97. The number of carbonyl (C=O) groups excluding carboxylic acids is 12. The number of carbonyl (C=O) groups is 12. The van der Waals surface area contributed by atoms with Gasteiger partial charge in [-0.15, -0.1) is 0 Å². The van der Waals surface area contributed by atoms with Crippen LogP contribution in [-0.4, -0.2) is 233 Å². The molecule has 5 aliphatic heterocycles. The van der Waals surface area contributed by atoms with Crippen LogP contribution in [-0.2, 0) is 57.4 Å². The molecule has 1 aromatic carbocycles. The van der Waals surface area contributed by atoms with Crippen molar-refractivity contribution in [1.82, 2.24) is 55.7 Å². The van der Waals surface area contributed by atoms with Crippen LogP contribution < -0.4 is 37.7 Å². The number of benzene rings is 2. The number of aryl methyl sites for hydroxylation is 1. The van der Waals surface area contributed by atoms with Crippen LogP contribution in [0.25, 0.3) is 22.6 Å². The highest BCUT2D eigenvalue weighted by atomic mass is 16.6. The Labute approximate surface area is 578 Å². The lowest BCUT2D eigenvalue weighted by Crippen LogP contribution is -2.61. The SMILES string of the molecule is Cc1c2oc3c(C)ccc(C(=O)N[C@@H]4C(=O)N[C@H](C(C)C)C(=O)N5CCC[C@@H]5C(=O)N(C)CC(=O)N(C)[C@@H](C(C)C)C(=O)O[C@@H]4C)c3nc-2c(C(=O)N[C@H]2C(=O)N[C@@H](C(C)C)C(=O)N3CCC[C@H]3C(=O)N(C)CC(=O)N(C)[C@H](C(C)C)C(=O)O[C@H]2C)c(NCCCCCCCCN)c1=O. The number of hydrogen-bond acceptors (Lipinski definition) is 19. The van der Waals surface area contributed by atoms with Gasteiger partial charge in [-0.25, -0.2) is 14.6 Å². The smallest absolute Gasteiger partial charge is 0.329 e. The molecule has 29 nitrogen and oxygen atoms in total. The standard InChI is InChI=1S/C70H103N13O16/c1-35(2)49-67(93)82-31-23-25-44(82)65(91)78(13)33-46(84)80(15)56(37(5)6)69(95)97-41(11)51(63(89)74-49)76-61(87)43-28-27-39(9)59-53(43)73-55-48(54(58(86)40(10)60(55)99-59)72-30-22-20-18-17-19-21-29-71)62(88)77-52-42(12)98-70(96)57(38(7)8)81(16)47(85)34-79(14)66(92)45-26-24-32-83(45)68(94)50(36(3)4)75-64(52)90/h27-28,35-38,41-42,44-45,49-52,56-57,72H,17-26,29-34,71H2,1-16H3,(H,74,89)(H,75,90)(H,76,87)(H,77,88)/t41-,42+,44-,45+,49-,50+,51+,52-,56+,57-/m1/s1. The Hall–Kier alpha value is -8.76. The van der Waals surface area contributed by atoms with Gasteiger partial charge in [0.2, 0.25) is 52.7 Å². The van der Waals surface area contributed by atoms with Gasteiger partial charge in [-0.1, -0.05) is 87.1 Å². The second-order valence-electron chi connectivity index (χ2n) is 28.3. The van der Waals surface area contributed by atoms with E-state index in [1.807, 2.05) is 0 Å². The number of unbranched alkanes of at least 4 members (excludes halogenated alkanes) is 5. The van der Waals surface area contributed by atoms with E-state index in [9.17, 15) is 38.4 Å². The fourth-order valence-electron chi connectivity index (χ4n) is 13.6. The molecule has 4 fully saturated rings. The summed E-state index contributed by atoms with van der Waals surface area (Å²) < 4.78 is 18.7. The van der Waals surface area contributed by atoms with Gasteiger partial charge in [-0.2, -0.15) is 0 Å². The zero-order chi connectivity index (χ0) is 73.3. The van der Waals surface area contributed by atoms with Crippen molar-refractivity contribution in [2.45, 2.75) is 208 Å². The molecule has 99 heavy (non-hydrogen) atoms. The van der Waals surface area contributed by atoms with Crippen LogP contribution in [0, 0.1) is 37.5 Å². The quantitative estimate of drug-likeness (QED) is 0.0643. The molecule has 4 saturated heterocycles. The van der Waals surface area contributed by atoms with Gasteiger partial charge in [0.25, 0.3) is 11.8 Å². The minimum absolute atomic E-state index is 0.0166. The predicted octanol–water partition coefficient (Wildman–Crippen LogP) is 2.85. The van der Waals surface area contributed by atoms with Gasteiger partial charge in [0, 0.05) is 53.4 Å². The van der Waals surface area contributed by atoms with E-state index in [1.165, 1.54) is 80.7 Å². The third-order valence-electron chi connectivity index (χ3n) is 19.4. The molecule has 0 radical (unpaired) electrons. The minimum Gasteiger partial charge on any atom is -0.458 e. The molecule has 0 unspecified atom stereocenters. The summed E-state index contributed by atoms with van der Waals surface area (Å²) in [6.07, 6.45) is 3.13. The molecule has 1 aromatic rings. The Morgan fingerprint density at radius 2 is 1.05 bits per heavy atom. The van der Waals surface area contributed by atoms with Crippen LogP contribution in [0.2, 0.25) is 0 Å². The Kier molecular flexibility index (Phi) is 26.2.